The number of benzene rings is 1. The van der Waals surface area contributed by atoms with Gasteiger partial charge in [0.05, 0.1) is 0 Å². The number of aromatic nitrogens is 2. The van der Waals surface area contributed by atoms with Gasteiger partial charge in [0.1, 0.15) is 11.6 Å². The van der Waals surface area contributed by atoms with E-state index >= 15 is 0 Å². The van der Waals surface area contributed by atoms with Crippen LogP contribution in [0.15, 0.2) is 54.6 Å². The largest absolute Gasteiger partial charge is 0.324 e. The Bertz CT molecular complexity index is 1050. The van der Waals surface area contributed by atoms with Crippen LogP contribution < -0.4 is 21.3 Å². The molecule has 2 heterocycles. The van der Waals surface area contributed by atoms with E-state index in [0.29, 0.717) is 23.0 Å². The number of nitrogens with one attached hydrogen (secondary N) is 4. The van der Waals surface area contributed by atoms with Gasteiger partial charge >= 0.3 is 12.1 Å². The van der Waals surface area contributed by atoms with Crippen LogP contribution in [0, 0.1) is 20.8 Å². The fraction of sp³-hybridized carbons (Fsp3) is 0.143. The Labute approximate surface area is 168 Å². The Kier molecular flexibility index (Phi) is 6.03. The lowest BCUT2D eigenvalue weighted by Gasteiger charge is -2.13. The second kappa shape index (κ2) is 8.83. The molecule has 29 heavy (non-hydrogen) atoms. The zero-order chi connectivity index (χ0) is 20.8. The summed E-state index contributed by atoms with van der Waals surface area (Å²) in [5, 5.41) is 10.9. The SMILES string of the molecule is Cc1cccc(NC(=O)Nc2ccc(C)c(NC(=O)Nc3cccc(C)n3)c2)n1. The number of rotatable bonds is 4. The van der Waals surface area contributed by atoms with E-state index in [9.17, 15) is 9.59 Å². The summed E-state index contributed by atoms with van der Waals surface area (Å²) >= 11 is 0. The highest BCUT2D eigenvalue weighted by atomic mass is 16.2. The van der Waals surface area contributed by atoms with Crippen LogP contribution >= 0.6 is 0 Å². The molecule has 0 atom stereocenters. The van der Waals surface area contributed by atoms with Gasteiger partial charge in [0.25, 0.3) is 0 Å². The number of pyridine rings is 2. The van der Waals surface area contributed by atoms with E-state index in [0.717, 1.165) is 17.0 Å². The highest BCUT2D eigenvalue weighted by molar-refractivity contribution is 6.02. The zero-order valence-electron chi connectivity index (χ0n) is 16.4. The highest BCUT2D eigenvalue weighted by Crippen LogP contribution is 2.21. The van der Waals surface area contributed by atoms with Crippen molar-refractivity contribution in [3.05, 3.63) is 71.5 Å². The van der Waals surface area contributed by atoms with Gasteiger partial charge < -0.3 is 10.6 Å². The Balaban J connectivity index is 1.64. The van der Waals surface area contributed by atoms with E-state index in [1.807, 2.05) is 45.0 Å². The van der Waals surface area contributed by atoms with Gasteiger partial charge in [0.2, 0.25) is 0 Å². The van der Waals surface area contributed by atoms with Crippen LogP contribution in [0.5, 0.6) is 0 Å². The summed E-state index contributed by atoms with van der Waals surface area (Å²) in [6.45, 7) is 5.55. The van der Waals surface area contributed by atoms with Gasteiger partial charge in [0, 0.05) is 22.8 Å². The van der Waals surface area contributed by atoms with E-state index < -0.39 is 12.1 Å². The van der Waals surface area contributed by atoms with Crippen molar-refractivity contribution in [3.8, 4) is 0 Å². The van der Waals surface area contributed by atoms with Gasteiger partial charge in [-0.25, -0.2) is 19.6 Å². The van der Waals surface area contributed by atoms with Crippen molar-refractivity contribution in [2.75, 3.05) is 21.3 Å². The lowest BCUT2D eigenvalue weighted by molar-refractivity contribution is 0.261. The molecule has 4 amide bonds. The summed E-state index contributed by atoms with van der Waals surface area (Å²) < 4.78 is 0. The third kappa shape index (κ3) is 5.77. The maximum atomic E-state index is 12.3. The number of anilines is 4. The fourth-order valence-corrected chi connectivity index (χ4v) is 2.61. The van der Waals surface area contributed by atoms with Crippen molar-refractivity contribution in [1.29, 1.82) is 0 Å². The number of nitrogens with zero attached hydrogens (tertiary/aromatic N) is 2. The van der Waals surface area contributed by atoms with Crippen molar-refractivity contribution in [3.63, 3.8) is 0 Å². The molecular formula is C21H22N6O2. The highest BCUT2D eigenvalue weighted by Gasteiger charge is 2.09. The summed E-state index contributed by atoms with van der Waals surface area (Å²) in [6.07, 6.45) is 0. The molecule has 0 unspecified atom stereocenters. The molecule has 0 saturated heterocycles. The van der Waals surface area contributed by atoms with Crippen LogP contribution in [0.4, 0.5) is 32.6 Å². The minimum absolute atomic E-state index is 0.420. The van der Waals surface area contributed by atoms with Crippen LogP contribution in [-0.4, -0.2) is 22.0 Å². The van der Waals surface area contributed by atoms with E-state index in [2.05, 4.69) is 31.2 Å². The number of hydrogen-bond acceptors (Lipinski definition) is 4. The molecule has 0 saturated carbocycles. The molecule has 0 radical (unpaired) electrons. The first-order chi connectivity index (χ1) is 13.9. The monoisotopic (exact) mass is 390 g/mol. The molecular weight excluding hydrogens is 368 g/mol. The second-order valence-corrected chi connectivity index (χ2v) is 6.52. The third-order valence-electron chi connectivity index (χ3n) is 4.00. The Hall–Kier alpha value is -3.94. The van der Waals surface area contributed by atoms with E-state index in [-0.39, 0.29) is 0 Å². The first-order valence-electron chi connectivity index (χ1n) is 9.03. The van der Waals surface area contributed by atoms with E-state index in [4.69, 9.17) is 0 Å². The van der Waals surface area contributed by atoms with Crippen LogP contribution in [0.25, 0.3) is 0 Å². The van der Waals surface area contributed by atoms with Gasteiger partial charge in [0.15, 0.2) is 0 Å². The van der Waals surface area contributed by atoms with Crippen LogP contribution in [0.1, 0.15) is 17.0 Å². The zero-order valence-corrected chi connectivity index (χ0v) is 16.4. The summed E-state index contributed by atoms with van der Waals surface area (Å²) in [5.41, 5.74) is 3.56. The standard InChI is InChI=1S/C21H22N6O2/c1-13-10-11-16(24-20(28)26-18-8-4-6-14(2)22-18)12-17(13)25-21(29)27-19-9-5-7-15(3)23-19/h4-12H,1-3H3,(H2,22,24,26,28)(H2,23,25,27,29). The summed E-state index contributed by atoms with van der Waals surface area (Å²) in [4.78, 5) is 33.0. The smallest absolute Gasteiger partial charge is 0.308 e. The number of hydrogen-bond donors (Lipinski definition) is 4. The molecule has 1 aromatic carbocycles. The quantitative estimate of drug-likeness (QED) is 0.518. The van der Waals surface area contributed by atoms with Crippen LogP contribution in [0.3, 0.4) is 0 Å². The Morgan fingerprint density at radius 2 is 1.24 bits per heavy atom. The number of carbonyl (C=O) groups is 2. The number of carbonyl (C=O) groups excluding carboxylic acids is 2. The summed E-state index contributed by atoms with van der Waals surface area (Å²) in [5.74, 6) is 0.914. The van der Waals surface area contributed by atoms with Gasteiger partial charge in [-0.1, -0.05) is 18.2 Å². The van der Waals surface area contributed by atoms with Crippen molar-refractivity contribution in [2.45, 2.75) is 20.8 Å². The average Bonchev–Trinajstić information content (AvgIpc) is 2.64. The van der Waals surface area contributed by atoms with Gasteiger partial charge in [-0.05, 0) is 62.7 Å². The first kappa shape index (κ1) is 19.8. The molecule has 0 aliphatic rings. The maximum absolute atomic E-state index is 12.3. The molecule has 3 rings (SSSR count). The Morgan fingerprint density at radius 1 is 0.690 bits per heavy atom. The van der Waals surface area contributed by atoms with Crippen molar-refractivity contribution in [2.24, 2.45) is 0 Å². The minimum atomic E-state index is -0.425. The van der Waals surface area contributed by atoms with E-state index in [1.165, 1.54) is 0 Å². The molecule has 0 bridgehead atoms. The predicted molar refractivity (Wildman–Crippen MR) is 114 cm³/mol. The van der Waals surface area contributed by atoms with Gasteiger partial charge in [-0.3, -0.25) is 10.6 Å². The first-order valence-corrected chi connectivity index (χ1v) is 9.03. The summed E-state index contributed by atoms with van der Waals surface area (Å²) in [6, 6.07) is 15.1. The Morgan fingerprint density at radius 3 is 1.79 bits per heavy atom. The third-order valence-corrected chi connectivity index (χ3v) is 4.00. The number of amides is 4. The second-order valence-electron chi connectivity index (χ2n) is 6.52. The lowest BCUT2D eigenvalue weighted by Crippen LogP contribution is -2.22. The molecule has 0 aliphatic heterocycles. The molecule has 0 fully saturated rings. The predicted octanol–water partition coefficient (Wildman–Crippen LogP) is 4.69. The molecule has 148 valence electrons. The fourth-order valence-electron chi connectivity index (χ4n) is 2.61. The molecule has 0 spiro atoms. The van der Waals surface area contributed by atoms with Crippen LogP contribution in [-0.2, 0) is 0 Å². The molecule has 0 aliphatic carbocycles. The number of aryl methyl sites for hydroxylation is 3. The lowest BCUT2D eigenvalue weighted by atomic mass is 10.2. The molecule has 8 nitrogen and oxygen atoms in total. The van der Waals surface area contributed by atoms with E-state index in [1.54, 1.807) is 30.3 Å². The number of urea groups is 2. The van der Waals surface area contributed by atoms with Gasteiger partial charge in [-0.2, -0.15) is 0 Å². The summed E-state index contributed by atoms with van der Waals surface area (Å²) in [7, 11) is 0. The topological polar surface area (TPSA) is 108 Å². The molecule has 2 aromatic heterocycles. The normalized spacial score (nSPS) is 10.2. The van der Waals surface area contributed by atoms with Crippen molar-refractivity contribution in [1.82, 2.24) is 9.97 Å². The van der Waals surface area contributed by atoms with Crippen molar-refractivity contribution >= 4 is 35.1 Å². The molecule has 4 N–H and O–H groups in total. The molecule has 3 aromatic rings. The molecule has 8 heteroatoms. The maximum Gasteiger partial charge on any atom is 0.324 e. The van der Waals surface area contributed by atoms with Gasteiger partial charge in [-0.15, -0.1) is 0 Å². The van der Waals surface area contributed by atoms with Crippen molar-refractivity contribution < 1.29 is 9.59 Å². The average molecular weight is 390 g/mol. The van der Waals surface area contributed by atoms with Crippen LogP contribution in [0.2, 0.25) is 0 Å². The minimum Gasteiger partial charge on any atom is -0.308 e.